The van der Waals surface area contributed by atoms with E-state index in [2.05, 4.69) is 9.73 Å². The lowest BCUT2D eigenvalue weighted by Crippen LogP contribution is -2.41. The number of aliphatic imine (C=N–C) groups is 1. The van der Waals surface area contributed by atoms with E-state index in [0.717, 1.165) is 11.1 Å². The summed E-state index contributed by atoms with van der Waals surface area (Å²) in [6.45, 7) is -1.29. The molecule has 4 rings (SSSR count). The summed E-state index contributed by atoms with van der Waals surface area (Å²) in [7, 11) is 1.56. The van der Waals surface area contributed by atoms with E-state index in [4.69, 9.17) is 5.73 Å². The zero-order valence-electron chi connectivity index (χ0n) is 17.0. The van der Waals surface area contributed by atoms with Gasteiger partial charge in [0.25, 0.3) is 5.91 Å². The van der Waals surface area contributed by atoms with Crippen LogP contribution in [0.1, 0.15) is 16.7 Å². The van der Waals surface area contributed by atoms with Crippen molar-refractivity contribution in [3.8, 4) is 16.9 Å². The molecule has 1 aliphatic rings. The van der Waals surface area contributed by atoms with E-state index in [9.17, 15) is 13.6 Å². The molecule has 1 heterocycles. The quantitative estimate of drug-likeness (QED) is 0.668. The van der Waals surface area contributed by atoms with Crippen molar-refractivity contribution < 1.29 is 18.3 Å². The topological polar surface area (TPSA) is 67.9 Å². The maximum atomic E-state index is 13.4. The third kappa shape index (κ3) is 3.52. The number of rotatable bonds is 5. The molecule has 0 saturated carbocycles. The average molecular weight is 421 g/mol. The van der Waals surface area contributed by atoms with Crippen molar-refractivity contribution in [3.63, 3.8) is 0 Å². The van der Waals surface area contributed by atoms with Crippen LogP contribution in [0, 0.1) is 6.92 Å². The predicted octanol–water partition coefficient (Wildman–Crippen LogP) is 4.29. The maximum absolute atomic E-state index is 13.4. The molecule has 0 aliphatic carbocycles. The minimum Gasteiger partial charge on any atom is -0.435 e. The molecular formula is C24H21F2N3O2. The number of nitrogens with two attached hydrogens (primary N) is 1. The Morgan fingerprint density at radius 2 is 1.65 bits per heavy atom. The number of amides is 1. The number of aryl methyl sites for hydroxylation is 1. The number of alkyl halides is 2. The molecule has 3 aromatic carbocycles. The van der Waals surface area contributed by atoms with Crippen molar-refractivity contribution in [3.05, 3.63) is 89.5 Å². The zero-order chi connectivity index (χ0) is 22.2. The lowest BCUT2D eigenvalue weighted by molar-refractivity contribution is -0.129. The Morgan fingerprint density at radius 3 is 2.26 bits per heavy atom. The largest absolute Gasteiger partial charge is 0.435 e. The second-order valence-corrected chi connectivity index (χ2v) is 7.35. The number of carbonyl (C=O) groups is 1. The van der Waals surface area contributed by atoms with Crippen molar-refractivity contribution in [2.24, 2.45) is 10.7 Å². The van der Waals surface area contributed by atoms with Gasteiger partial charge in [-0.15, -0.1) is 0 Å². The van der Waals surface area contributed by atoms with E-state index < -0.39 is 12.2 Å². The molecule has 0 radical (unpaired) electrons. The van der Waals surface area contributed by atoms with Gasteiger partial charge in [0.15, 0.2) is 11.5 Å². The Morgan fingerprint density at radius 1 is 0.968 bits per heavy atom. The molecule has 0 aromatic heterocycles. The normalized spacial score (nSPS) is 18.4. The van der Waals surface area contributed by atoms with Gasteiger partial charge in [-0.05, 0) is 52.9 Å². The van der Waals surface area contributed by atoms with Gasteiger partial charge in [0.05, 0.1) is 0 Å². The number of halogens is 2. The summed E-state index contributed by atoms with van der Waals surface area (Å²) < 4.78 is 29.9. The lowest BCUT2D eigenvalue weighted by Gasteiger charge is -2.27. The Labute approximate surface area is 178 Å². The number of nitrogens with zero attached hydrogens (tertiary/aromatic N) is 2. The molecule has 5 nitrogen and oxygen atoms in total. The molecule has 0 bridgehead atoms. The van der Waals surface area contributed by atoms with Crippen LogP contribution in [0.5, 0.6) is 5.75 Å². The first-order valence-corrected chi connectivity index (χ1v) is 9.68. The third-order valence-corrected chi connectivity index (χ3v) is 5.44. The smallest absolute Gasteiger partial charge is 0.387 e. The van der Waals surface area contributed by atoms with Crippen molar-refractivity contribution >= 4 is 11.9 Å². The highest BCUT2D eigenvalue weighted by molar-refractivity contribution is 6.09. The van der Waals surface area contributed by atoms with Gasteiger partial charge in [-0.25, -0.2) is 4.99 Å². The fraction of sp³-hybridized carbons (Fsp3) is 0.167. The third-order valence-electron chi connectivity index (χ3n) is 5.44. The van der Waals surface area contributed by atoms with Gasteiger partial charge in [0, 0.05) is 7.05 Å². The Hall–Kier alpha value is -3.74. The van der Waals surface area contributed by atoms with E-state index >= 15 is 0 Å². The number of hydrogen-bond donors (Lipinski definition) is 1. The van der Waals surface area contributed by atoms with E-state index in [1.54, 1.807) is 26.1 Å². The molecule has 2 N–H and O–H groups in total. The summed E-state index contributed by atoms with van der Waals surface area (Å²) in [5.41, 5.74) is 8.15. The van der Waals surface area contributed by atoms with Gasteiger partial charge in [0.1, 0.15) is 5.75 Å². The van der Waals surface area contributed by atoms with Crippen LogP contribution in [-0.2, 0) is 10.3 Å². The number of guanidine groups is 1. The second-order valence-electron chi connectivity index (χ2n) is 7.35. The van der Waals surface area contributed by atoms with Crippen LogP contribution in [-0.4, -0.2) is 30.4 Å². The molecule has 1 atom stereocenters. The van der Waals surface area contributed by atoms with Gasteiger partial charge in [-0.3, -0.25) is 9.69 Å². The molecular weight excluding hydrogens is 400 g/mol. The Balaban J connectivity index is 1.90. The first kappa shape index (κ1) is 20.5. The lowest BCUT2D eigenvalue weighted by atomic mass is 9.81. The monoisotopic (exact) mass is 421 g/mol. The molecule has 158 valence electrons. The number of benzene rings is 3. The van der Waals surface area contributed by atoms with Crippen molar-refractivity contribution in [2.75, 3.05) is 7.05 Å². The second kappa shape index (κ2) is 7.83. The number of likely N-dealkylation sites (N-methyl/N-ethyl adjacent to an activating group) is 1. The van der Waals surface area contributed by atoms with E-state index in [1.807, 2.05) is 54.6 Å². The average Bonchev–Trinajstić information content (AvgIpc) is 3.00. The molecule has 1 amide bonds. The Kier molecular flexibility index (Phi) is 5.19. The highest BCUT2D eigenvalue weighted by atomic mass is 19.3. The minimum absolute atomic E-state index is 0.0442. The van der Waals surface area contributed by atoms with Gasteiger partial charge < -0.3 is 10.5 Å². The van der Waals surface area contributed by atoms with Crippen LogP contribution in [0.4, 0.5) is 8.78 Å². The van der Waals surface area contributed by atoms with E-state index in [-0.39, 0.29) is 17.6 Å². The zero-order valence-corrected chi connectivity index (χ0v) is 17.0. The van der Waals surface area contributed by atoms with Crippen LogP contribution in [0.3, 0.4) is 0 Å². The fourth-order valence-corrected chi connectivity index (χ4v) is 3.84. The van der Waals surface area contributed by atoms with Crippen LogP contribution < -0.4 is 10.5 Å². The first-order valence-electron chi connectivity index (χ1n) is 9.68. The Bertz CT molecular complexity index is 1160. The summed E-state index contributed by atoms with van der Waals surface area (Å²) in [5, 5.41) is 0. The molecule has 0 saturated heterocycles. The number of ether oxygens (including phenoxy) is 1. The van der Waals surface area contributed by atoms with E-state index in [1.165, 1.54) is 11.0 Å². The van der Waals surface area contributed by atoms with Gasteiger partial charge >= 0.3 is 6.61 Å². The molecule has 3 aromatic rings. The minimum atomic E-state index is -2.94. The SMILES string of the molecule is Cc1cc(C2(c3cccc(-c4ccccc4)c3)N=C(N)N(C)C2=O)ccc1OC(F)F. The molecule has 1 aliphatic heterocycles. The molecule has 0 spiro atoms. The molecule has 31 heavy (non-hydrogen) atoms. The highest BCUT2D eigenvalue weighted by Crippen LogP contribution is 2.41. The summed E-state index contributed by atoms with van der Waals surface area (Å²) in [6, 6.07) is 21.9. The van der Waals surface area contributed by atoms with Gasteiger partial charge in [-0.2, -0.15) is 8.78 Å². The molecule has 0 fully saturated rings. The first-order chi connectivity index (χ1) is 14.8. The number of hydrogen-bond acceptors (Lipinski definition) is 4. The molecule has 1 unspecified atom stereocenters. The summed E-state index contributed by atoms with van der Waals surface area (Å²) >= 11 is 0. The summed E-state index contributed by atoms with van der Waals surface area (Å²) in [5.74, 6) is -0.194. The standard InChI is InChI=1S/C24H21F2N3O2/c1-15-13-19(11-12-20(15)31-22(25)26)24(21(30)29(2)23(27)28-24)18-10-6-9-17(14-18)16-7-4-3-5-8-16/h3-14,22H,1-2H3,(H2,27,28). The van der Waals surface area contributed by atoms with Crippen molar-refractivity contribution in [1.29, 1.82) is 0 Å². The fourth-order valence-electron chi connectivity index (χ4n) is 3.84. The van der Waals surface area contributed by atoms with Crippen LogP contribution in [0.15, 0.2) is 77.8 Å². The van der Waals surface area contributed by atoms with Crippen LogP contribution in [0.2, 0.25) is 0 Å². The highest BCUT2D eigenvalue weighted by Gasteiger charge is 2.49. The maximum Gasteiger partial charge on any atom is 0.387 e. The van der Waals surface area contributed by atoms with Crippen molar-refractivity contribution in [2.45, 2.75) is 19.1 Å². The van der Waals surface area contributed by atoms with Crippen molar-refractivity contribution in [1.82, 2.24) is 4.90 Å². The predicted molar refractivity (Wildman–Crippen MR) is 115 cm³/mol. The number of carbonyl (C=O) groups excluding carboxylic acids is 1. The summed E-state index contributed by atoms with van der Waals surface area (Å²) in [6.07, 6.45) is 0. The van der Waals surface area contributed by atoms with Crippen LogP contribution in [0.25, 0.3) is 11.1 Å². The molecule has 7 heteroatoms. The van der Waals surface area contributed by atoms with Crippen LogP contribution >= 0.6 is 0 Å². The van der Waals surface area contributed by atoms with Gasteiger partial charge in [-0.1, -0.05) is 54.6 Å². The van der Waals surface area contributed by atoms with E-state index in [0.29, 0.717) is 16.7 Å². The summed E-state index contributed by atoms with van der Waals surface area (Å²) in [4.78, 5) is 19.3. The van der Waals surface area contributed by atoms with Gasteiger partial charge in [0.2, 0.25) is 0 Å².